The Bertz CT molecular complexity index is 803. The SMILES string of the molecule is C#C.Cc1cc(NCc2cccs2)c2sc(NCCN)c(C)c2n1. The molecule has 0 aliphatic rings. The molecule has 3 rings (SSSR count). The van der Waals surface area contributed by atoms with Crippen molar-refractivity contribution < 1.29 is 0 Å². The lowest BCUT2D eigenvalue weighted by molar-refractivity contribution is 1.03. The number of nitrogens with two attached hydrogens (primary N) is 1. The Labute approximate surface area is 151 Å². The number of hydrogen-bond acceptors (Lipinski definition) is 6. The number of terminal acetylenes is 1. The normalized spacial score (nSPS) is 10.2. The second kappa shape index (κ2) is 8.69. The molecule has 0 bridgehead atoms. The zero-order valence-electron chi connectivity index (χ0n) is 13.9. The molecule has 3 aromatic rings. The topological polar surface area (TPSA) is 63.0 Å². The second-order valence-electron chi connectivity index (χ2n) is 5.19. The van der Waals surface area contributed by atoms with Crippen molar-refractivity contribution in [1.29, 1.82) is 0 Å². The molecular formula is C18H22N4S2. The van der Waals surface area contributed by atoms with Gasteiger partial charge < -0.3 is 16.4 Å². The second-order valence-corrected chi connectivity index (χ2v) is 7.25. The Hall–Kier alpha value is -2.07. The van der Waals surface area contributed by atoms with Gasteiger partial charge in [-0.15, -0.1) is 35.5 Å². The van der Waals surface area contributed by atoms with Crippen LogP contribution < -0.4 is 16.4 Å². The molecule has 0 aromatic carbocycles. The van der Waals surface area contributed by atoms with Gasteiger partial charge in [0.05, 0.1) is 20.9 Å². The first-order valence-electron chi connectivity index (χ1n) is 7.63. The molecule has 0 aliphatic carbocycles. The quantitative estimate of drug-likeness (QED) is 0.578. The van der Waals surface area contributed by atoms with Crippen LogP contribution in [0, 0.1) is 26.7 Å². The van der Waals surface area contributed by atoms with Crippen LogP contribution in [0.15, 0.2) is 23.6 Å². The van der Waals surface area contributed by atoms with Gasteiger partial charge in [-0.1, -0.05) is 6.07 Å². The third kappa shape index (κ3) is 4.06. The van der Waals surface area contributed by atoms with Crippen LogP contribution >= 0.6 is 22.7 Å². The van der Waals surface area contributed by atoms with Crippen LogP contribution in [0.3, 0.4) is 0 Å². The maximum Gasteiger partial charge on any atom is 0.0942 e. The van der Waals surface area contributed by atoms with Gasteiger partial charge in [-0.05, 0) is 31.4 Å². The van der Waals surface area contributed by atoms with E-state index in [0.29, 0.717) is 6.54 Å². The van der Waals surface area contributed by atoms with Gasteiger partial charge in [0.2, 0.25) is 0 Å². The van der Waals surface area contributed by atoms with Gasteiger partial charge in [0, 0.05) is 35.8 Å². The van der Waals surface area contributed by atoms with Crippen LogP contribution in [0.25, 0.3) is 10.2 Å². The highest BCUT2D eigenvalue weighted by molar-refractivity contribution is 7.23. The molecule has 0 saturated heterocycles. The smallest absolute Gasteiger partial charge is 0.0942 e. The largest absolute Gasteiger partial charge is 0.379 e. The number of nitrogens with zero attached hydrogens (tertiary/aromatic N) is 1. The van der Waals surface area contributed by atoms with Crippen LogP contribution in [0.5, 0.6) is 0 Å². The number of rotatable bonds is 6. The molecule has 4 N–H and O–H groups in total. The van der Waals surface area contributed by atoms with Crippen molar-refractivity contribution in [3.8, 4) is 12.8 Å². The first-order chi connectivity index (χ1) is 11.7. The molecule has 126 valence electrons. The minimum atomic E-state index is 0.629. The summed E-state index contributed by atoms with van der Waals surface area (Å²) < 4.78 is 1.21. The van der Waals surface area contributed by atoms with E-state index in [1.807, 2.05) is 6.92 Å². The molecule has 0 unspecified atom stereocenters. The summed E-state index contributed by atoms with van der Waals surface area (Å²) in [6, 6.07) is 6.36. The van der Waals surface area contributed by atoms with Gasteiger partial charge >= 0.3 is 0 Å². The van der Waals surface area contributed by atoms with E-state index in [1.165, 1.54) is 15.1 Å². The Morgan fingerprint density at radius 2 is 2.04 bits per heavy atom. The molecule has 0 aliphatic heterocycles. The van der Waals surface area contributed by atoms with E-state index in [4.69, 9.17) is 10.7 Å². The Morgan fingerprint density at radius 1 is 1.25 bits per heavy atom. The van der Waals surface area contributed by atoms with Crippen molar-refractivity contribution in [3.63, 3.8) is 0 Å². The molecule has 0 amide bonds. The maximum atomic E-state index is 5.59. The molecule has 0 spiro atoms. The summed E-state index contributed by atoms with van der Waals surface area (Å²) >= 11 is 3.52. The summed E-state index contributed by atoms with van der Waals surface area (Å²) in [5, 5.41) is 10.2. The van der Waals surface area contributed by atoms with E-state index in [-0.39, 0.29) is 0 Å². The van der Waals surface area contributed by atoms with Gasteiger partial charge in [-0.3, -0.25) is 4.98 Å². The number of pyridine rings is 1. The molecule has 0 saturated carbocycles. The summed E-state index contributed by atoms with van der Waals surface area (Å²) in [5.74, 6) is 0. The van der Waals surface area contributed by atoms with Crippen molar-refractivity contribution in [2.75, 3.05) is 23.7 Å². The van der Waals surface area contributed by atoms with Crippen LogP contribution in [0.1, 0.15) is 16.1 Å². The molecule has 0 fully saturated rings. The summed E-state index contributed by atoms with van der Waals surface area (Å²) in [6.07, 6.45) is 8.00. The first kappa shape index (κ1) is 18.3. The Balaban J connectivity index is 0.00000100. The third-order valence-corrected chi connectivity index (χ3v) is 5.61. The molecule has 4 nitrogen and oxygen atoms in total. The van der Waals surface area contributed by atoms with Gasteiger partial charge in [-0.2, -0.15) is 0 Å². The maximum absolute atomic E-state index is 5.59. The average Bonchev–Trinajstić information content (AvgIpc) is 3.22. The van der Waals surface area contributed by atoms with Crippen molar-refractivity contribution in [2.45, 2.75) is 20.4 Å². The van der Waals surface area contributed by atoms with Gasteiger partial charge in [0.25, 0.3) is 0 Å². The predicted molar refractivity (Wildman–Crippen MR) is 108 cm³/mol. The van der Waals surface area contributed by atoms with E-state index < -0.39 is 0 Å². The van der Waals surface area contributed by atoms with E-state index in [0.717, 1.165) is 35.0 Å². The Morgan fingerprint density at radius 3 is 2.71 bits per heavy atom. The van der Waals surface area contributed by atoms with Crippen LogP contribution in [0.4, 0.5) is 10.7 Å². The molecule has 0 atom stereocenters. The zero-order chi connectivity index (χ0) is 17.5. The van der Waals surface area contributed by atoms with Gasteiger partial charge in [0.15, 0.2) is 0 Å². The van der Waals surface area contributed by atoms with E-state index in [2.05, 4.69) is 54.0 Å². The number of nitrogens with one attached hydrogen (secondary N) is 2. The number of aromatic nitrogens is 1. The van der Waals surface area contributed by atoms with Crippen LogP contribution in [0.2, 0.25) is 0 Å². The lowest BCUT2D eigenvalue weighted by atomic mass is 10.2. The van der Waals surface area contributed by atoms with E-state index >= 15 is 0 Å². The Kier molecular flexibility index (Phi) is 6.62. The zero-order valence-corrected chi connectivity index (χ0v) is 15.6. The summed E-state index contributed by atoms with van der Waals surface area (Å²) in [4.78, 5) is 6.04. The third-order valence-electron chi connectivity index (χ3n) is 3.46. The molecule has 24 heavy (non-hydrogen) atoms. The summed E-state index contributed by atoms with van der Waals surface area (Å²) in [6.45, 7) is 6.42. The number of fused-ring (bicyclic) bond motifs is 1. The summed E-state index contributed by atoms with van der Waals surface area (Å²) in [7, 11) is 0. The van der Waals surface area contributed by atoms with E-state index in [9.17, 15) is 0 Å². The van der Waals surface area contributed by atoms with E-state index in [1.54, 1.807) is 22.7 Å². The molecular weight excluding hydrogens is 336 g/mol. The molecule has 3 aromatic heterocycles. The van der Waals surface area contributed by atoms with Crippen LogP contribution in [-0.2, 0) is 6.54 Å². The highest BCUT2D eigenvalue weighted by atomic mass is 32.1. The lowest BCUT2D eigenvalue weighted by Gasteiger charge is -2.07. The minimum absolute atomic E-state index is 0.629. The lowest BCUT2D eigenvalue weighted by Crippen LogP contribution is -2.12. The fourth-order valence-electron chi connectivity index (χ4n) is 2.39. The number of aryl methyl sites for hydroxylation is 2. The van der Waals surface area contributed by atoms with Crippen molar-refractivity contribution in [3.05, 3.63) is 39.7 Å². The van der Waals surface area contributed by atoms with Gasteiger partial charge in [-0.25, -0.2) is 0 Å². The first-order valence-corrected chi connectivity index (χ1v) is 9.33. The summed E-state index contributed by atoms with van der Waals surface area (Å²) in [5.41, 5.74) is 10.1. The fourth-order valence-corrected chi connectivity index (χ4v) is 4.20. The van der Waals surface area contributed by atoms with Crippen molar-refractivity contribution in [1.82, 2.24) is 4.98 Å². The van der Waals surface area contributed by atoms with Crippen molar-refractivity contribution >= 4 is 43.6 Å². The number of hydrogen-bond donors (Lipinski definition) is 3. The molecule has 0 radical (unpaired) electrons. The van der Waals surface area contributed by atoms with Gasteiger partial charge in [0.1, 0.15) is 0 Å². The number of thiophene rings is 2. The standard InChI is InChI=1S/C16H20N4S2.C2H2/c1-10-8-13(19-9-12-4-3-7-21-12)15-14(20-10)11(2)16(22-15)18-6-5-17;1-2/h3-4,7-8,18H,5-6,9,17H2,1-2H3,(H,19,20);1-2H. The van der Waals surface area contributed by atoms with Crippen LogP contribution in [-0.4, -0.2) is 18.1 Å². The predicted octanol–water partition coefficient (Wildman–Crippen LogP) is 4.21. The van der Waals surface area contributed by atoms with Crippen molar-refractivity contribution in [2.24, 2.45) is 5.73 Å². The molecule has 3 heterocycles. The number of anilines is 2. The monoisotopic (exact) mass is 358 g/mol. The fraction of sp³-hybridized carbons (Fsp3) is 0.278. The molecule has 6 heteroatoms. The highest BCUT2D eigenvalue weighted by Gasteiger charge is 2.13. The highest BCUT2D eigenvalue weighted by Crippen LogP contribution is 2.38. The minimum Gasteiger partial charge on any atom is -0.379 e. The average molecular weight is 359 g/mol.